The zero-order valence-electron chi connectivity index (χ0n) is 15.7. The van der Waals surface area contributed by atoms with Crippen LogP contribution in [0, 0.1) is 6.92 Å². The molecule has 0 atom stereocenters. The van der Waals surface area contributed by atoms with E-state index in [1.54, 1.807) is 19.1 Å². The smallest absolute Gasteiger partial charge is 0.335 e. The molecule has 1 N–H and O–H groups in total. The van der Waals surface area contributed by atoms with E-state index in [1.807, 2.05) is 0 Å². The van der Waals surface area contributed by atoms with Gasteiger partial charge in [-0.2, -0.15) is 0 Å². The van der Waals surface area contributed by atoms with Crippen LogP contribution >= 0.6 is 34.8 Å². The van der Waals surface area contributed by atoms with E-state index in [4.69, 9.17) is 39.5 Å². The van der Waals surface area contributed by atoms with Gasteiger partial charge in [-0.1, -0.05) is 53.5 Å². The highest BCUT2D eigenvalue weighted by Crippen LogP contribution is 2.35. The first kappa shape index (κ1) is 21.9. The molecule has 1 heterocycles. The van der Waals surface area contributed by atoms with Gasteiger partial charge in [0.2, 0.25) is 0 Å². The molecule has 0 saturated carbocycles. The summed E-state index contributed by atoms with van der Waals surface area (Å²) in [5.74, 6) is -1.38. The maximum atomic E-state index is 13.0. The summed E-state index contributed by atoms with van der Waals surface area (Å²) in [5.41, 5.74) is 1.12. The van der Waals surface area contributed by atoms with E-state index < -0.39 is 17.8 Å². The average molecular weight is 466 g/mol. The van der Waals surface area contributed by atoms with Gasteiger partial charge in [-0.15, -0.1) is 0 Å². The standard InChI is InChI=1S/C21H15Cl3N2O4/c1-3-6-30-18-16(23)8-12(9-17(18)24)7-14-19(27)25-21(29)26(20(14)28)13-5-4-11(2)15(22)10-13/h3-5,7-10H,1,6H2,2H3,(H,25,27,29)/b14-7-. The number of carbonyl (C=O) groups is 3. The average Bonchev–Trinajstić information content (AvgIpc) is 2.67. The van der Waals surface area contributed by atoms with Gasteiger partial charge < -0.3 is 4.74 Å². The molecule has 9 heteroatoms. The molecule has 0 aromatic heterocycles. The van der Waals surface area contributed by atoms with Crippen LogP contribution in [-0.4, -0.2) is 24.5 Å². The first-order valence-electron chi connectivity index (χ1n) is 8.63. The number of aryl methyl sites for hydroxylation is 1. The Hall–Kier alpha value is -2.80. The van der Waals surface area contributed by atoms with Gasteiger partial charge in [0, 0.05) is 5.02 Å². The Morgan fingerprint density at radius 1 is 1.07 bits per heavy atom. The maximum Gasteiger partial charge on any atom is 0.335 e. The second-order valence-corrected chi connectivity index (χ2v) is 7.53. The lowest BCUT2D eigenvalue weighted by atomic mass is 10.1. The second-order valence-electron chi connectivity index (χ2n) is 6.30. The molecule has 1 aliphatic rings. The SMILES string of the molecule is C=CCOc1c(Cl)cc(/C=C2/C(=O)NC(=O)N(c3ccc(C)c(Cl)c3)C2=O)cc1Cl. The molecule has 0 aliphatic carbocycles. The molecule has 154 valence electrons. The van der Waals surface area contributed by atoms with Gasteiger partial charge in [0.15, 0.2) is 5.75 Å². The van der Waals surface area contributed by atoms with Crippen LogP contribution < -0.4 is 15.0 Å². The van der Waals surface area contributed by atoms with Crippen LogP contribution in [-0.2, 0) is 9.59 Å². The van der Waals surface area contributed by atoms with Crippen molar-refractivity contribution < 1.29 is 19.1 Å². The van der Waals surface area contributed by atoms with Crippen molar-refractivity contribution in [3.63, 3.8) is 0 Å². The number of anilines is 1. The number of halogens is 3. The lowest BCUT2D eigenvalue weighted by Gasteiger charge is -2.26. The summed E-state index contributed by atoms with van der Waals surface area (Å²) in [7, 11) is 0. The number of nitrogens with one attached hydrogen (secondary N) is 1. The first-order valence-corrected chi connectivity index (χ1v) is 9.76. The summed E-state index contributed by atoms with van der Waals surface area (Å²) < 4.78 is 5.40. The quantitative estimate of drug-likeness (QED) is 0.375. The van der Waals surface area contributed by atoms with Crippen LogP contribution in [0.15, 0.2) is 48.6 Å². The van der Waals surface area contributed by atoms with Crippen LogP contribution in [0.1, 0.15) is 11.1 Å². The summed E-state index contributed by atoms with van der Waals surface area (Å²) in [6, 6.07) is 6.81. The highest BCUT2D eigenvalue weighted by atomic mass is 35.5. The van der Waals surface area contributed by atoms with Gasteiger partial charge in [0.05, 0.1) is 15.7 Å². The Morgan fingerprint density at radius 3 is 2.33 bits per heavy atom. The number of hydrogen-bond donors (Lipinski definition) is 1. The number of nitrogens with zero attached hydrogens (tertiary/aromatic N) is 1. The van der Waals surface area contributed by atoms with Gasteiger partial charge in [-0.3, -0.25) is 14.9 Å². The molecular formula is C21H15Cl3N2O4. The molecule has 0 bridgehead atoms. The maximum absolute atomic E-state index is 13.0. The minimum absolute atomic E-state index is 0.193. The zero-order chi connectivity index (χ0) is 22.0. The third kappa shape index (κ3) is 4.36. The molecule has 6 nitrogen and oxygen atoms in total. The van der Waals surface area contributed by atoms with Crippen molar-refractivity contribution in [2.45, 2.75) is 6.92 Å². The van der Waals surface area contributed by atoms with Crippen molar-refractivity contribution in [3.8, 4) is 5.75 Å². The number of urea groups is 1. The summed E-state index contributed by atoms with van der Waals surface area (Å²) in [6.07, 6.45) is 2.83. The third-order valence-electron chi connectivity index (χ3n) is 4.19. The fourth-order valence-corrected chi connectivity index (χ4v) is 3.51. The van der Waals surface area contributed by atoms with Gasteiger partial charge in [-0.25, -0.2) is 9.69 Å². The van der Waals surface area contributed by atoms with E-state index in [2.05, 4.69) is 11.9 Å². The molecule has 3 rings (SSSR count). The van der Waals surface area contributed by atoms with Crippen molar-refractivity contribution in [1.82, 2.24) is 5.32 Å². The Bertz CT molecular complexity index is 1090. The van der Waals surface area contributed by atoms with Crippen LogP contribution in [0.3, 0.4) is 0 Å². The van der Waals surface area contributed by atoms with Crippen molar-refractivity contribution in [1.29, 1.82) is 0 Å². The molecule has 2 aromatic rings. The molecule has 1 fully saturated rings. The summed E-state index contributed by atoms with van der Waals surface area (Å²) in [5, 5.41) is 2.91. The predicted molar refractivity (Wildman–Crippen MR) is 117 cm³/mol. The predicted octanol–water partition coefficient (Wildman–Crippen LogP) is 5.19. The summed E-state index contributed by atoms with van der Waals surface area (Å²) >= 11 is 18.5. The van der Waals surface area contributed by atoms with Crippen molar-refractivity contribution in [2.24, 2.45) is 0 Å². The lowest BCUT2D eigenvalue weighted by molar-refractivity contribution is -0.122. The largest absolute Gasteiger partial charge is 0.486 e. The number of rotatable bonds is 5. The molecule has 2 aromatic carbocycles. The molecular weight excluding hydrogens is 451 g/mol. The number of imide groups is 2. The summed E-state index contributed by atoms with van der Waals surface area (Å²) in [6.45, 7) is 5.54. The van der Waals surface area contributed by atoms with Crippen LogP contribution in [0.2, 0.25) is 15.1 Å². The first-order chi connectivity index (χ1) is 14.2. The van der Waals surface area contributed by atoms with Gasteiger partial charge >= 0.3 is 6.03 Å². The molecule has 30 heavy (non-hydrogen) atoms. The topological polar surface area (TPSA) is 75.7 Å². The van der Waals surface area contributed by atoms with E-state index in [9.17, 15) is 14.4 Å². The highest BCUT2D eigenvalue weighted by Gasteiger charge is 2.37. The fourth-order valence-electron chi connectivity index (χ4n) is 2.72. The molecule has 1 saturated heterocycles. The number of ether oxygens (including phenoxy) is 1. The number of benzene rings is 2. The molecule has 4 amide bonds. The minimum Gasteiger partial charge on any atom is -0.486 e. The minimum atomic E-state index is -0.869. The fraction of sp³-hybridized carbons (Fsp3) is 0.0952. The van der Waals surface area contributed by atoms with Crippen LogP contribution in [0.25, 0.3) is 6.08 Å². The Morgan fingerprint density at radius 2 is 1.73 bits per heavy atom. The Balaban J connectivity index is 2.00. The zero-order valence-corrected chi connectivity index (χ0v) is 17.9. The monoisotopic (exact) mass is 464 g/mol. The van der Waals surface area contributed by atoms with Gasteiger partial charge in [0.1, 0.15) is 12.2 Å². The molecule has 0 radical (unpaired) electrons. The van der Waals surface area contributed by atoms with Crippen molar-refractivity contribution >= 4 is 64.4 Å². The molecule has 0 unspecified atom stereocenters. The normalized spacial score (nSPS) is 15.4. The Kier molecular flexibility index (Phi) is 6.51. The van der Waals surface area contributed by atoms with Gasteiger partial charge in [-0.05, 0) is 48.4 Å². The number of carbonyl (C=O) groups excluding carboxylic acids is 3. The second kappa shape index (κ2) is 8.92. The third-order valence-corrected chi connectivity index (χ3v) is 5.16. The highest BCUT2D eigenvalue weighted by molar-refractivity contribution is 6.40. The van der Waals surface area contributed by atoms with Crippen LogP contribution in [0.4, 0.5) is 10.5 Å². The van der Waals surface area contributed by atoms with Gasteiger partial charge in [0.25, 0.3) is 11.8 Å². The molecule has 1 aliphatic heterocycles. The number of amides is 4. The summed E-state index contributed by atoms with van der Waals surface area (Å²) in [4.78, 5) is 38.4. The number of barbiturate groups is 1. The van der Waals surface area contributed by atoms with E-state index >= 15 is 0 Å². The lowest BCUT2D eigenvalue weighted by Crippen LogP contribution is -2.54. The van der Waals surface area contributed by atoms with Crippen molar-refractivity contribution in [2.75, 3.05) is 11.5 Å². The van der Waals surface area contributed by atoms with E-state index in [1.165, 1.54) is 30.4 Å². The number of hydrogen-bond acceptors (Lipinski definition) is 4. The van der Waals surface area contributed by atoms with E-state index in [0.717, 1.165) is 10.5 Å². The molecule has 0 spiro atoms. The van der Waals surface area contributed by atoms with E-state index in [0.29, 0.717) is 10.6 Å². The van der Waals surface area contributed by atoms with Crippen LogP contribution in [0.5, 0.6) is 5.75 Å². The van der Waals surface area contributed by atoms with E-state index in [-0.39, 0.29) is 33.7 Å². The Labute approximate surface area is 187 Å². The van der Waals surface area contributed by atoms with Crippen molar-refractivity contribution in [3.05, 3.63) is 74.8 Å².